The number of nitrogens with two attached hydrogens (primary N) is 1. The van der Waals surface area contributed by atoms with Crippen molar-refractivity contribution < 1.29 is 0 Å². The molecule has 0 unspecified atom stereocenters. The van der Waals surface area contributed by atoms with Crippen molar-refractivity contribution >= 4 is 23.1 Å². The molecule has 1 heterocycles. The minimum atomic E-state index is 0.423. The van der Waals surface area contributed by atoms with Crippen LogP contribution in [0.4, 0.5) is 0 Å². The first kappa shape index (κ1) is 15.2. The van der Waals surface area contributed by atoms with Crippen LogP contribution in [-0.4, -0.2) is 6.54 Å². The van der Waals surface area contributed by atoms with E-state index in [1.165, 1.54) is 21.6 Å². The maximum atomic E-state index is 5.38. The third kappa shape index (κ3) is 4.72. The smallest absolute Gasteiger partial charge is 0.0555 e. The molecule has 2 rings (SSSR count). The van der Waals surface area contributed by atoms with Gasteiger partial charge in [-0.2, -0.15) is 11.8 Å². The number of thioether (sulfide) groups is 1. The van der Waals surface area contributed by atoms with E-state index in [0.29, 0.717) is 6.54 Å². The van der Waals surface area contributed by atoms with Crippen molar-refractivity contribution in [3.8, 4) is 11.8 Å². The predicted molar refractivity (Wildman–Crippen MR) is 91.2 cm³/mol. The fourth-order valence-electron chi connectivity index (χ4n) is 2.10. The lowest BCUT2D eigenvalue weighted by molar-refractivity contribution is 1.30. The number of hydrogen-bond acceptors (Lipinski definition) is 3. The lowest BCUT2D eigenvalue weighted by Gasteiger charge is -2.04. The Bertz CT molecular complexity index is 612. The molecule has 20 heavy (non-hydrogen) atoms. The first-order valence-corrected chi connectivity index (χ1v) is 8.62. The quantitative estimate of drug-likeness (QED) is 0.860. The molecule has 0 atom stereocenters. The second-order valence-corrected chi connectivity index (χ2v) is 6.78. The molecule has 2 aromatic rings. The van der Waals surface area contributed by atoms with Gasteiger partial charge in [-0.3, -0.25) is 0 Å². The molecule has 3 heteroatoms. The predicted octanol–water partition coefficient (Wildman–Crippen LogP) is 4.11. The Morgan fingerprint density at radius 1 is 1.10 bits per heavy atom. The molecule has 0 radical (unpaired) electrons. The maximum absolute atomic E-state index is 5.38. The zero-order valence-electron chi connectivity index (χ0n) is 11.9. The van der Waals surface area contributed by atoms with Crippen LogP contribution >= 0.6 is 23.1 Å². The molecule has 1 aromatic heterocycles. The van der Waals surface area contributed by atoms with Crippen LogP contribution in [0.15, 0.2) is 29.6 Å². The summed E-state index contributed by atoms with van der Waals surface area (Å²) in [4.78, 5) is 1.38. The molecule has 0 amide bonds. The molecule has 1 aromatic carbocycles. The number of hydrogen-bond donors (Lipinski definition) is 1. The molecule has 1 nitrogen and oxygen atoms in total. The van der Waals surface area contributed by atoms with Crippen molar-refractivity contribution in [3.05, 3.63) is 56.8 Å². The van der Waals surface area contributed by atoms with E-state index in [1.807, 2.05) is 11.8 Å². The van der Waals surface area contributed by atoms with Gasteiger partial charge >= 0.3 is 0 Å². The van der Waals surface area contributed by atoms with Gasteiger partial charge in [0.2, 0.25) is 0 Å². The second kappa shape index (κ2) is 7.54. The Kier molecular flexibility index (Phi) is 5.72. The SMILES string of the molecule is Cc1cc(C)cc(CSCc2cc(C#CCN)cs2)c1. The van der Waals surface area contributed by atoms with Crippen LogP contribution in [-0.2, 0) is 11.5 Å². The summed E-state index contributed by atoms with van der Waals surface area (Å²) in [6.45, 7) is 4.73. The van der Waals surface area contributed by atoms with E-state index in [2.05, 4.69) is 55.3 Å². The van der Waals surface area contributed by atoms with E-state index in [0.717, 1.165) is 17.1 Å². The van der Waals surface area contributed by atoms with E-state index in [-0.39, 0.29) is 0 Å². The fraction of sp³-hybridized carbons (Fsp3) is 0.294. The first-order chi connectivity index (χ1) is 9.67. The summed E-state index contributed by atoms with van der Waals surface area (Å²) in [6.07, 6.45) is 0. The summed E-state index contributed by atoms with van der Waals surface area (Å²) in [5.74, 6) is 8.07. The van der Waals surface area contributed by atoms with Gasteiger partial charge in [-0.1, -0.05) is 41.2 Å². The molecule has 0 fully saturated rings. The standard InChI is InChI=1S/C17H19NS2/c1-13-6-14(2)8-16(7-13)10-19-12-17-9-15(11-20-17)4-3-5-18/h6-9,11H,5,10,12,18H2,1-2H3. The first-order valence-electron chi connectivity index (χ1n) is 6.58. The van der Waals surface area contributed by atoms with Crippen LogP contribution in [0.2, 0.25) is 0 Å². The third-order valence-electron chi connectivity index (χ3n) is 2.78. The summed E-state index contributed by atoms with van der Waals surface area (Å²) in [5, 5.41) is 2.11. The lowest BCUT2D eigenvalue weighted by atomic mass is 10.1. The minimum Gasteiger partial charge on any atom is -0.320 e. The van der Waals surface area contributed by atoms with E-state index >= 15 is 0 Å². The molecule has 104 valence electrons. The van der Waals surface area contributed by atoms with Gasteiger partial charge in [-0.25, -0.2) is 0 Å². The molecule has 2 N–H and O–H groups in total. The highest BCUT2D eigenvalue weighted by molar-refractivity contribution is 7.97. The maximum Gasteiger partial charge on any atom is 0.0555 e. The van der Waals surface area contributed by atoms with Gasteiger partial charge in [0.1, 0.15) is 0 Å². The van der Waals surface area contributed by atoms with Crippen LogP contribution in [0.1, 0.15) is 27.1 Å². The Balaban J connectivity index is 1.88. The summed E-state index contributed by atoms with van der Waals surface area (Å²) < 4.78 is 0. The van der Waals surface area contributed by atoms with Crippen LogP contribution in [0, 0.1) is 25.7 Å². The highest BCUT2D eigenvalue weighted by Crippen LogP contribution is 2.23. The molecule has 0 saturated carbocycles. The van der Waals surface area contributed by atoms with Crippen molar-refractivity contribution in [2.45, 2.75) is 25.4 Å². The third-order valence-corrected chi connectivity index (χ3v) is 4.96. The topological polar surface area (TPSA) is 26.0 Å². The Morgan fingerprint density at radius 3 is 2.55 bits per heavy atom. The van der Waals surface area contributed by atoms with Gasteiger partial charge in [-0.15, -0.1) is 11.3 Å². The van der Waals surface area contributed by atoms with Crippen LogP contribution in [0.3, 0.4) is 0 Å². The number of benzene rings is 1. The largest absolute Gasteiger partial charge is 0.320 e. The van der Waals surface area contributed by atoms with E-state index in [9.17, 15) is 0 Å². The zero-order valence-corrected chi connectivity index (χ0v) is 13.5. The van der Waals surface area contributed by atoms with Gasteiger partial charge < -0.3 is 5.73 Å². The lowest BCUT2D eigenvalue weighted by Crippen LogP contribution is -1.92. The highest BCUT2D eigenvalue weighted by atomic mass is 32.2. The van der Waals surface area contributed by atoms with Gasteiger partial charge in [0, 0.05) is 27.3 Å². The molecule has 0 aliphatic rings. The Hall–Kier alpha value is -1.21. The molecule has 0 aliphatic heterocycles. The Labute approximate surface area is 129 Å². The van der Waals surface area contributed by atoms with Crippen molar-refractivity contribution in [3.63, 3.8) is 0 Å². The summed E-state index contributed by atoms with van der Waals surface area (Å²) in [6, 6.07) is 8.93. The van der Waals surface area contributed by atoms with Crippen LogP contribution < -0.4 is 5.73 Å². The van der Waals surface area contributed by atoms with Crippen molar-refractivity contribution in [2.75, 3.05) is 6.54 Å². The van der Waals surface area contributed by atoms with Gasteiger partial charge in [-0.05, 0) is 25.5 Å². The van der Waals surface area contributed by atoms with Crippen molar-refractivity contribution in [1.29, 1.82) is 0 Å². The minimum absolute atomic E-state index is 0.423. The van der Waals surface area contributed by atoms with E-state index in [1.54, 1.807) is 11.3 Å². The molecular weight excluding hydrogens is 282 g/mol. The van der Waals surface area contributed by atoms with E-state index < -0.39 is 0 Å². The molecule has 0 aliphatic carbocycles. The number of thiophene rings is 1. The average molecular weight is 301 g/mol. The number of rotatable bonds is 4. The van der Waals surface area contributed by atoms with Crippen molar-refractivity contribution in [2.24, 2.45) is 5.73 Å². The normalized spacial score (nSPS) is 10.2. The monoisotopic (exact) mass is 301 g/mol. The van der Waals surface area contributed by atoms with Crippen LogP contribution in [0.5, 0.6) is 0 Å². The summed E-state index contributed by atoms with van der Waals surface area (Å²) in [7, 11) is 0. The molecular formula is C17H19NS2. The molecule has 0 spiro atoms. The second-order valence-electron chi connectivity index (χ2n) is 4.80. The number of aryl methyl sites for hydroxylation is 2. The average Bonchev–Trinajstić information content (AvgIpc) is 2.83. The van der Waals surface area contributed by atoms with Gasteiger partial charge in [0.05, 0.1) is 6.54 Å². The van der Waals surface area contributed by atoms with Crippen LogP contribution in [0.25, 0.3) is 0 Å². The van der Waals surface area contributed by atoms with Gasteiger partial charge in [0.25, 0.3) is 0 Å². The summed E-state index contributed by atoms with van der Waals surface area (Å²) in [5.41, 5.74) is 10.6. The highest BCUT2D eigenvalue weighted by Gasteiger charge is 2.00. The fourth-order valence-corrected chi connectivity index (χ4v) is 4.01. The van der Waals surface area contributed by atoms with Crippen molar-refractivity contribution in [1.82, 2.24) is 0 Å². The Morgan fingerprint density at radius 2 is 1.85 bits per heavy atom. The zero-order chi connectivity index (χ0) is 14.4. The summed E-state index contributed by atoms with van der Waals surface area (Å²) >= 11 is 3.73. The molecule has 0 saturated heterocycles. The van der Waals surface area contributed by atoms with Gasteiger partial charge in [0.15, 0.2) is 0 Å². The molecule has 0 bridgehead atoms. The van der Waals surface area contributed by atoms with E-state index in [4.69, 9.17) is 5.73 Å².